The maximum atomic E-state index is 12.7. The van der Waals surface area contributed by atoms with Gasteiger partial charge in [0.25, 0.3) is 0 Å². The molecule has 0 unspecified atom stereocenters. The van der Waals surface area contributed by atoms with Gasteiger partial charge in [-0.25, -0.2) is 0 Å². The van der Waals surface area contributed by atoms with Crippen LogP contribution in [0.4, 0.5) is 18.9 Å². The van der Waals surface area contributed by atoms with Crippen LogP contribution in [0.5, 0.6) is 0 Å². The molecule has 0 bridgehead atoms. The fourth-order valence-corrected chi connectivity index (χ4v) is 2.06. The minimum absolute atomic E-state index is 0.0182. The molecule has 0 aliphatic rings. The summed E-state index contributed by atoms with van der Waals surface area (Å²) in [6.07, 6.45) is -1.23. The van der Waals surface area contributed by atoms with Gasteiger partial charge < -0.3 is 5.32 Å². The monoisotopic (exact) mass is 372 g/mol. The van der Waals surface area contributed by atoms with Crippen LogP contribution in [0.25, 0.3) is 0 Å². The number of nitrogens with one attached hydrogen (secondary N) is 2. The Morgan fingerprint density at radius 3 is 2.50 bits per heavy atom. The van der Waals surface area contributed by atoms with E-state index in [1.165, 1.54) is 0 Å². The van der Waals surface area contributed by atoms with E-state index in [4.69, 9.17) is 23.8 Å². The van der Waals surface area contributed by atoms with Crippen LogP contribution < -0.4 is 10.7 Å². The highest BCUT2D eigenvalue weighted by atomic mass is 35.5. The summed E-state index contributed by atoms with van der Waals surface area (Å²) in [4.78, 5) is 3.90. The van der Waals surface area contributed by atoms with E-state index in [0.717, 1.165) is 23.8 Å². The molecule has 0 radical (unpaired) electrons. The normalized spacial score (nSPS) is 12.0. The van der Waals surface area contributed by atoms with Crippen molar-refractivity contribution < 1.29 is 13.2 Å². The Morgan fingerprint density at radius 2 is 1.88 bits per heavy atom. The first kappa shape index (κ1) is 18.2. The number of pyridine rings is 1. The lowest BCUT2D eigenvalue weighted by Gasteiger charge is -2.13. The Labute approximate surface area is 146 Å². The zero-order valence-electron chi connectivity index (χ0n) is 12.4. The van der Waals surface area contributed by atoms with Crippen molar-refractivity contribution in [2.45, 2.75) is 13.1 Å². The van der Waals surface area contributed by atoms with Crippen LogP contribution in [0.1, 0.15) is 18.1 Å². The maximum Gasteiger partial charge on any atom is 0.416 e. The third kappa shape index (κ3) is 4.90. The fraction of sp³-hybridized carbons (Fsp3) is 0.133. The van der Waals surface area contributed by atoms with Gasteiger partial charge in [0, 0.05) is 18.0 Å². The highest BCUT2D eigenvalue weighted by molar-refractivity contribution is 7.80. The number of benzene rings is 1. The minimum Gasteiger partial charge on any atom is -0.330 e. The SMILES string of the molecule is CC(=NNC(=S)Nc1cc(C(F)(F)F)ccc1Cl)c1ccncc1. The first-order chi connectivity index (χ1) is 11.3. The van der Waals surface area contributed by atoms with E-state index in [1.807, 2.05) is 0 Å². The molecule has 0 amide bonds. The lowest BCUT2D eigenvalue weighted by Crippen LogP contribution is -2.25. The molecule has 9 heteroatoms. The van der Waals surface area contributed by atoms with E-state index < -0.39 is 11.7 Å². The van der Waals surface area contributed by atoms with Crippen molar-refractivity contribution in [1.29, 1.82) is 0 Å². The second kappa shape index (κ2) is 7.59. The molecule has 0 aliphatic heterocycles. The van der Waals surface area contributed by atoms with Crippen LogP contribution in [0, 0.1) is 0 Å². The molecule has 0 saturated heterocycles. The predicted molar refractivity (Wildman–Crippen MR) is 92.3 cm³/mol. The van der Waals surface area contributed by atoms with E-state index in [2.05, 4.69) is 20.8 Å². The molecule has 0 aliphatic carbocycles. The summed E-state index contributed by atoms with van der Waals surface area (Å²) >= 11 is 10.9. The Balaban J connectivity index is 2.07. The van der Waals surface area contributed by atoms with Crippen LogP contribution in [-0.4, -0.2) is 15.8 Å². The average molecular weight is 373 g/mol. The molecule has 0 spiro atoms. The van der Waals surface area contributed by atoms with Gasteiger partial charge in [-0.3, -0.25) is 10.4 Å². The smallest absolute Gasteiger partial charge is 0.330 e. The quantitative estimate of drug-likeness (QED) is 0.474. The highest BCUT2D eigenvalue weighted by Crippen LogP contribution is 2.33. The lowest BCUT2D eigenvalue weighted by molar-refractivity contribution is -0.137. The van der Waals surface area contributed by atoms with Gasteiger partial charge in [0.1, 0.15) is 0 Å². The van der Waals surface area contributed by atoms with Crippen LogP contribution in [0.2, 0.25) is 5.02 Å². The molecule has 1 aromatic carbocycles. The Hall–Kier alpha value is -2.19. The molecule has 1 aromatic heterocycles. The minimum atomic E-state index is -4.47. The summed E-state index contributed by atoms with van der Waals surface area (Å²) in [6.45, 7) is 1.75. The van der Waals surface area contributed by atoms with Crippen molar-refractivity contribution in [3.05, 3.63) is 58.9 Å². The summed E-state index contributed by atoms with van der Waals surface area (Å²) in [5, 5.41) is 6.79. The van der Waals surface area contributed by atoms with Gasteiger partial charge in [0.2, 0.25) is 0 Å². The van der Waals surface area contributed by atoms with Gasteiger partial charge in [0.15, 0.2) is 5.11 Å². The summed E-state index contributed by atoms with van der Waals surface area (Å²) in [6, 6.07) is 6.47. The average Bonchev–Trinajstić information content (AvgIpc) is 2.54. The van der Waals surface area contributed by atoms with Crippen LogP contribution in [-0.2, 0) is 6.18 Å². The Bertz CT molecular complexity index is 763. The summed E-state index contributed by atoms with van der Waals surface area (Å²) < 4.78 is 38.2. The molecule has 2 N–H and O–H groups in total. The third-order valence-corrected chi connectivity index (χ3v) is 3.49. The van der Waals surface area contributed by atoms with E-state index in [9.17, 15) is 13.2 Å². The number of nitrogens with zero attached hydrogens (tertiary/aromatic N) is 2. The van der Waals surface area contributed by atoms with Crippen molar-refractivity contribution in [2.24, 2.45) is 5.10 Å². The first-order valence-corrected chi connectivity index (χ1v) is 7.44. The number of rotatable bonds is 3. The second-order valence-corrected chi connectivity index (χ2v) is 5.51. The van der Waals surface area contributed by atoms with Crippen LogP contribution in [0.3, 0.4) is 0 Å². The molecule has 0 atom stereocenters. The molecular formula is C15H12ClF3N4S. The molecule has 1 heterocycles. The standard InChI is InChI=1S/C15H12ClF3N4S/c1-9(10-4-6-20-7-5-10)22-23-14(24)21-13-8-11(15(17,18)19)2-3-12(13)16/h2-8H,1H3,(H2,21,23,24). The molecule has 126 valence electrons. The number of hydrogen-bond acceptors (Lipinski definition) is 3. The largest absolute Gasteiger partial charge is 0.416 e. The van der Waals surface area contributed by atoms with E-state index in [-0.39, 0.29) is 15.8 Å². The van der Waals surface area contributed by atoms with Crippen molar-refractivity contribution in [1.82, 2.24) is 10.4 Å². The molecular weight excluding hydrogens is 361 g/mol. The van der Waals surface area contributed by atoms with Gasteiger partial charge in [-0.15, -0.1) is 0 Å². The molecule has 24 heavy (non-hydrogen) atoms. The highest BCUT2D eigenvalue weighted by Gasteiger charge is 2.31. The number of halogens is 4. The first-order valence-electron chi connectivity index (χ1n) is 6.66. The lowest BCUT2D eigenvalue weighted by atomic mass is 10.2. The number of hydrogen-bond donors (Lipinski definition) is 2. The van der Waals surface area contributed by atoms with Crippen molar-refractivity contribution in [2.75, 3.05) is 5.32 Å². The number of hydrazone groups is 1. The van der Waals surface area contributed by atoms with Gasteiger partial charge in [-0.05, 0) is 49.5 Å². The Morgan fingerprint density at radius 1 is 1.21 bits per heavy atom. The molecule has 0 saturated carbocycles. The molecule has 2 aromatic rings. The predicted octanol–water partition coefficient (Wildman–Crippen LogP) is 4.46. The van der Waals surface area contributed by atoms with Crippen LogP contribution in [0.15, 0.2) is 47.8 Å². The zero-order valence-corrected chi connectivity index (χ0v) is 13.9. The van der Waals surface area contributed by atoms with Gasteiger partial charge in [-0.1, -0.05) is 11.6 Å². The zero-order chi connectivity index (χ0) is 17.7. The van der Waals surface area contributed by atoms with E-state index >= 15 is 0 Å². The van der Waals surface area contributed by atoms with Gasteiger partial charge in [0.05, 0.1) is 22.0 Å². The van der Waals surface area contributed by atoms with Gasteiger partial charge >= 0.3 is 6.18 Å². The summed E-state index contributed by atoms with van der Waals surface area (Å²) in [5.74, 6) is 0. The second-order valence-electron chi connectivity index (χ2n) is 4.69. The third-order valence-electron chi connectivity index (χ3n) is 2.97. The summed E-state index contributed by atoms with van der Waals surface area (Å²) in [7, 11) is 0. The number of thiocarbonyl (C=S) groups is 1. The van der Waals surface area contributed by atoms with E-state index in [1.54, 1.807) is 31.5 Å². The van der Waals surface area contributed by atoms with Crippen molar-refractivity contribution in [3.63, 3.8) is 0 Å². The van der Waals surface area contributed by atoms with E-state index in [0.29, 0.717) is 5.71 Å². The van der Waals surface area contributed by atoms with Crippen LogP contribution >= 0.6 is 23.8 Å². The molecule has 0 fully saturated rings. The number of alkyl halides is 3. The molecule has 2 rings (SSSR count). The van der Waals surface area contributed by atoms with Gasteiger partial charge in [-0.2, -0.15) is 18.3 Å². The fourth-order valence-electron chi connectivity index (χ4n) is 1.74. The maximum absolute atomic E-state index is 12.7. The molecule has 4 nitrogen and oxygen atoms in total. The van der Waals surface area contributed by atoms with Crippen molar-refractivity contribution in [3.8, 4) is 0 Å². The summed E-state index contributed by atoms with van der Waals surface area (Å²) in [5.41, 5.74) is 3.25. The van der Waals surface area contributed by atoms with Crippen molar-refractivity contribution >= 4 is 40.3 Å². The number of anilines is 1. The topological polar surface area (TPSA) is 49.3 Å². The Kier molecular flexibility index (Phi) is 5.74. The number of aromatic nitrogens is 1.